The van der Waals surface area contributed by atoms with Gasteiger partial charge in [-0.1, -0.05) is 29.8 Å². The SMILES string of the molecule is Cc1ccc(Oc2ccc(S(=O)(=O)C3(C(=O)NO)CCN(C(=O)c4ccccc4F)CC3)cc2)cc1. The molecule has 0 bridgehead atoms. The van der Waals surface area contributed by atoms with Gasteiger partial charge in [0.1, 0.15) is 17.3 Å². The van der Waals surface area contributed by atoms with Crippen LogP contribution in [0.5, 0.6) is 11.5 Å². The molecule has 2 N–H and O–H groups in total. The Morgan fingerprint density at radius 3 is 2.06 bits per heavy atom. The number of nitrogens with one attached hydrogen (secondary N) is 1. The summed E-state index contributed by atoms with van der Waals surface area (Å²) in [5.41, 5.74) is 2.41. The number of sulfone groups is 1. The fourth-order valence-corrected chi connectivity index (χ4v) is 6.21. The molecule has 3 aromatic carbocycles. The maximum atomic E-state index is 14.1. The lowest BCUT2D eigenvalue weighted by Crippen LogP contribution is -2.58. The molecule has 3 aromatic rings. The Morgan fingerprint density at radius 1 is 0.944 bits per heavy atom. The van der Waals surface area contributed by atoms with Crippen molar-refractivity contribution >= 4 is 21.7 Å². The van der Waals surface area contributed by atoms with Crippen molar-refractivity contribution in [2.75, 3.05) is 13.1 Å². The molecule has 0 aliphatic carbocycles. The Bertz CT molecular complexity index is 1370. The Kier molecular flexibility index (Phi) is 7.09. The van der Waals surface area contributed by atoms with Gasteiger partial charge in [-0.05, 0) is 68.3 Å². The number of piperidine rings is 1. The number of halogens is 1. The fraction of sp³-hybridized carbons (Fsp3) is 0.231. The number of carbonyl (C=O) groups excluding carboxylic acids is 2. The molecule has 4 rings (SSSR count). The van der Waals surface area contributed by atoms with E-state index in [1.54, 1.807) is 12.1 Å². The maximum absolute atomic E-state index is 14.1. The minimum Gasteiger partial charge on any atom is -0.457 e. The van der Waals surface area contributed by atoms with Gasteiger partial charge in [-0.3, -0.25) is 14.8 Å². The molecule has 0 spiro atoms. The number of ether oxygens (including phenoxy) is 1. The number of nitrogens with zero attached hydrogens (tertiary/aromatic N) is 1. The van der Waals surface area contributed by atoms with Gasteiger partial charge in [0.05, 0.1) is 10.5 Å². The molecule has 0 unspecified atom stereocenters. The van der Waals surface area contributed by atoms with Gasteiger partial charge in [-0.25, -0.2) is 18.3 Å². The fourth-order valence-electron chi connectivity index (χ4n) is 4.25. The lowest BCUT2D eigenvalue weighted by Gasteiger charge is -2.39. The van der Waals surface area contributed by atoms with E-state index >= 15 is 0 Å². The quantitative estimate of drug-likeness (QED) is 0.383. The number of hydroxylamine groups is 1. The van der Waals surface area contributed by atoms with Crippen molar-refractivity contribution < 1.29 is 32.3 Å². The monoisotopic (exact) mass is 512 g/mol. The highest BCUT2D eigenvalue weighted by molar-refractivity contribution is 7.93. The van der Waals surface area contributed by atoms with E-state index in [0.29, 0.717) is 11.5 Å². The molecular formula is C26H25FN2O6S. The van der Waals surface area contributed by atoms with E-state index in [9.17, 15) is 27.6 Å². The van der Waals surface area contributed by atoms with Crippen molar-refractivity contribution in [3.8, 4) is 11.5 Å². The molecule has 1 heterocycles. The molecule has 188 valence electrons. The minimum atomic E-state index is -4.29. The highest BCUT2D eigenvalue weighted by atomic mass is 32.2. The lowest BCUT2D eigenvalue weighted by molar-refractivity contribution is -0.133. The van der Waals surface area contributed by atoms with Crippen molar-refractivity contribution in [1.82, 2.24) is 10.4 Å². The van der Waals surface area contributed by atoms with Crippen molar-refractivity contribution in [3.05, 3.63) is 89.7 Å². The van der Waals surface area contributed by atoms with Gasteiger partial charge in [-0.15, -0.1) is 0 Å². The lowest BCUT2D eigenvalue weighted by atomic mass is 9.94. The second-order valence-corrected chi connectivity index (χ2v) is 10.9. The summed E-state index contributed by atoms with van der Waals surface area (Å²) in [5, 5.41) is 9.37. The molecule has 1 fully saturated rings. The Morgan fingerprint density at radius 2 is 1.50 bits per heavy atom. The van der Waals surface area contributed by atoms with Crippen LogP contribution in [0.2, 0.25) is 0 Å². The number of rotatable bonds is 6. The summed E-state index contributed by atoms with van der Waals surface area (Å²) in [4.78, 5) is 26.7. The molecule has 0 radical (unpaired) electrons. The molecule has 0 saturated carbocycles. The molecule has 10 heteroatoms. The standard InChI is InChI=1S/C26H25FN2O6S/c1-18-6-8-19(9-7-18)35-20-10-12-21(13-11-20)36(33,34)26(25(31)28-32)14-16-29(17-15-26)24(30)22-4-2-3-5-23(22)27/h2-13,32H,14-17H2,1H3,(H,28,31). The van der Waals surface area contributed by atoms with Gasteiger partial charge in [0.25, 0.3) is 11.8 Å². The molecule has 36 heavy (non-hydrogen) atoms. The van der Waals surface area contributed by atoms with Gasteiger partial charge in [-0.2, -0.15) is 0 Å². The van der Waals surface area contributed by atoms with E-state index in [1.165, 1.54) is 52.8 Å². The van der Waals surface area contributed by atoms with Crippen LogP contribution < -0.4 is 10.2 Å². The summed E-state index contributed by atoms with van der Waals surface area (Å²) < 4.78 is 45.1. The molecule has 0 aromatic heterocycles. The predicted octanol–water partition coefficient (Wildman–Crippen LogP) is 3.88. The minimum absolute atomic E-state index is 0.117. The van der Waals surface area contributed by atoms with Crippen LogP contribution in [0.15, 0.2) is 77.7 Å². The number of aryl methyl sites for hydroxylation is 1. The van der Waals surface area contributed by atoms with Crippen LogP contribution in [0.3, 0.4) is 0 Å². The highest BCUT2D eigenvalue weighted by Gasteiger charge is 2.53. The second-order valence-electron chi connectivity index (χ2n) is 8.60. The van der Waals surface area contributed by atoms with Gasteiger partial charge in [0.2, 0.25) is 0 Å². The van der Waals surface area contributed by atoms with Crippen molar-refractivity contribution in [3.63, 3.8) is 0 Å². The summed E-state index contributed by atoms with van der Waals surface area (Å²) in [6, 6.07) is 18.5. The second kappa shape index (κ2) is 10.1. The smallest absolute Gasteiger partial charge is 0.265 e. The first-order chi connectivity index (χ1) is 17.2. The van der Waals surface area contributed by atoms with E-state index in [1.807, 2.05) is 19.1 Å². The number of carbonyl (C=O) groups is 2. The van der Waals surface area contributed by atoms with E-state index in [4.69, 9.17) is 4.74 Å². The number of likely N-dealkylation sites (tertiary alicyclic amines) is 1. The molecule has 1 aliphatic rings. The third-order valence-corrected chi connectivity index (χ3v) is 8.90. The van der Waals surface area contributed by atoms with Crippen LogP contribution >= 0.6 is 0 Å². The van der Waals surface area contributed by atoms with Crippen molar-refractivity contribution in [2.45, 2.75) is 29.4 Å². The molecule has 1 aliphatic heterocycles. The molecular weight excluding hydrogens is 487 g/mol. The third kappa shape index (κ3) is 4.69. The maximum Gasteiger partial charge on any atom is 0.265 e. The Labute approximate surface area is 208 Å². The molecule has 0 atom stereocenters. The van der Waals surface area contributed by atoms with Crippen LogP contribution in [-0.4, -0.2) is 48.2 Å². The van der Waals surface area contributed by atoms with E-state index < -0.39 is 32.2 Å². The van der Waals surface area contributed by atoms with Gasteiger partial charge >= 0.3 is 0 Å². The first kappa shape index (κ1) is 25.3. The zero-order chi connectivity index (χ0) is 25.9. The number of hydrogen-bond acceptors (Lipinski definition) is 6. The zero-order valence-electron chi connectivity index (χ0n) is 19.5. The van der Waals surface area contributed by atoms with Crippen LogP contribution in [0.4, 0.5) is 4.39 Å². The van der Waals surface area contributed by atoms with Gasteiger partial charge in [0.15, 0.2) is 14.6 Å². The van der Waals surface area contributed by atoms with Crippen molar-refractivity contribution in [2.24, 2.45) is 0 Å². The van der Waals surface area contributed by atoms with Crippen LogP contribution in [-0.2, 0) is 14.6 Å². The number of benzene rings is 3. The average molecular weight is 513 g/mol. The Balaban J connectivity index is 1.56. The summed E-state index contributed by atoms with van der Waals surface area (Å²) in [6.45, 7) is 1.71. The zero-order valence-corrected chi connectivity index (χ0v) is 20.3. The topological polar surface area (TPSA) is 113 Å². The van der Waals surface area contributed by atoms with Crippen LogP contribution in [0.1, 0.15) is 28.8 Å². The normalized spacial score (nSPS) is 15.2. The highest BCUT2D eigenvalue weighted by Crippen LogP contribution is 2.37. The predicted molar refractivity (Wildman–Crippen MR) is 129 cm³/mol. The average Bonchev–Trinajstić information content (AvgIpc) is 2.89. The summed E-state index contributed by atoms with van der Waals surface area (Å²) in [5.74, 6) is -1.38. The Hall–Kier alpha value is -3.76. The number of hydrogen-bond donors (Lipinski definition) is 2. The molecule has 2 amide bonds. The molecule has 8 nitrogen and oxygen atoms in total. The van der Waals surface area contributed by atoms with E-state index in [-0.39, 0.29) is 36.4 Å². The number of amides is 2. The van der Waals surface area contributed by atoms with Crippen molar-refractivity contribution in [1.29, 1.82) is 0 Å². The van der Waals surface area contributed by atoms with Gasteiger partial charge < -0.3 is 9.64 Å². The summed E-state index contributed by atoms with van der Waals surface area (Å²) >= 11 is 0. The van der Waals surface area contributed by atoms with E-state index in [0.717, 1.165) is 11.6 Å². The van der Waals surface area contributed by atoms with Crippen LogP contribution in [0.25, 0.3) is 0 Å². The molecule has 1 saturated heterocycles. The third-order valence-electron chi connectivity index (χ3n) is 6.38. The largest absolute Gasteiger partial charge is 0.457 e. The summed E-state index contributed by atoms with van der Waals surface area (Å²) in [6.07, 6.45) is -0.549. The van der Waals surface area contributed by atoms with Gasteiger partial charge in [0, 0.05) is 13.1 Å². The first-order valence-electron chi connectivity index (χ1n) is 11.3. The first-order valence-corrected chi connectivity index (χ1v) is 12.7. The van der Waals surface area contributed by atoms with E-state index in [2.05, 4.69) is 0 Å². The van der Waals surface area contributed by atoms with Crippen LogP contribution in [0, 0.1) is 12.7 Å². The summed E-state index contributed by atoms with van der Waals surface area (Å²) in [7, 11) is -4.29.